The van der Waals surface area contributed by atoms with Crippen LogP contribution in [0, 0.1) is 0 Å². The Balaban J connectivity index is 2.00. The molecule has 1 heterocycles. The van der Waals surface area contributed by atoms with Crippen molar-refractivity contribution in [2.45, 2.75) is 6.04 Å². The lowest BCUT2D eigenvalue weighted by Crippen LogP contribution is -2.09. The van der Waals surface area contributed by atoms with Crippen LogP contribution >= 0.6 is 43.2 Å². The molecule has 3 rings (SSSR count). The molecule has 1 atom stereocenters. The molecule has 0 fully saturated rings. The van der Waals surface area contributed by atoms with Crippen molar-refractivity contribution in [1.29, 1.82) is 0 Å². The number of halogens is 2. The summed E-state index contributed by atoms with van der Waals surface area (Å²) in [5.41, 5.74) is 7.50. The van der Waals surface area contributed by atoms with Crippen LogP contribution in [0.3, 0.4) is 0 Å². The van der Waals surface area contributed by atoms with E-state index < -0.39 is 0 Å². The second kappa shape index (κ2) is 6.08. The summed E-state index contributed by atoms with van der Waals surface area (Å²) in [5, 5.41) is 2.32. The van der Waals surface area contributed by atoms with E-state index >= 15 is 0 Å². The predicted octanol–water partition coefficient (Wildman–Crippen LogP) is 5.48. The van der Waals surface area contributed by atoms with E-state index in [1.807, 2.05) is 12.1 Å². The maximum atomic E-state index is 6.39. The molecule has 0 aliphatic carbocycles. The molecule has 2 aromatic carbocycles. The molecule has 0 radical (unpaired) electrons. The summed E-state index contributed by atoms with van der Waals surface area (Å²) < 4.78 is 7.36. The van der Waals surface area contributed by atoms with Gasteiger partial charge in [0.2, 0.25) is 0 Å². The first-order chi connectivity index (χ1) is 10.1. The van der Waals surface area contributed by atoms with Crippen LogP contribution in [0.2, 0.25) is 0 Å². The minimum atomic E-state index is -0.121. The summed E-state index contributed by atoms with van der Waals surface area (Å²) in [4.78, 5) is 1.13. The van der Waals surface area contributed by atoms with E-state index in [1.165, 1.54) is 5.39 Å². The standard InChI is InChI=1S/C16H13Br2NOS/c1-20-12-5-4-9-6-11(3-2-10(9)7-12)15(19)14-8-13(17)16(18)21-14/h2-8,15H,19H2,1H3. The average molecular weight is 427 g/mol. The molecule has 2 N–H and O–H groups in total. The molecule has 2 nitrogen and oxygen atoms in total. The Labute approximate surface area is 144 Å². The largest absolute Gasteiger partial charge is 0.497 e. The highest BCUT2D eigenvalue weighted by molar-refractivity contribution is 9.13. The van der Waals surface area contributed by atoms with Gasteiger partial charge in [-0.1, -0.05) is 18.2 Å². The van der Waals surface area contributed by atoms with Gasteiger partial charge in [-0.05, 0) is 72.5 Å². The van der Waals surface area contributed by atoms with Crippen molar-refractivity contribution < 1.29 is 4.74 Å². The molecule has 1 unspecified atom stereocenters. The van der Waals surface area contributed by atoms with Gasteiger partial charge in [0.25, 0.3) is 0 Å². The molecule has 0 saturated heterocycles. The molecule has 21 heavy (non-hydrogen) atoms. The first kappa shape index (κ1) is 15.0. The van der Waals surface area contributed by atoms with E-state index in [1.54, 1.807) is 18.4 Å². The number of fused-ring (bicyclic) bond motifs is 1. The quantitative estimate of drug-likeness (QED) is 0.601. The Hall–Kier alpha value is -0.880. The maximum absolute atomic E-state index is 6.39. The Morgan fingerprint density at radius 2 is 1.76 bits per heavy atom. The number of rotatable bonds is 3. The minimum absolute atomic E-state index is 0.121. The van der Waals surface area contributed by atoms with Crippen LogP contribution < -0.4 is 10.5 Å². The van der Waals surface area contributed by atoms with E-state index in [-0.39, 0.29) is 6.04 Å². The number of hydrogen-bond acceptors (Lipinski definition) is 3. The van der Waals surface area contributed by atoms with E-state index in [9.17, 15) is 0 Å². The monoisotopic (exact) mass is 425 g/mol. The number of hydrogen-bond donors (Lipinski definition) is 1. The molecule has 0 aliphatic heterocycles. The number of benzene rings is 2. The van der Waals surface area contributed by atoms with E-state index in [2.05, 4.69) is 62.2 Å². The maximum Gasteiger partial charge on any atom is 0.119 e. The minimum Gasteiger partial charge on any atom is -0.497 e. The first-order valence-corrected chi connectivity index (χ1v) is 8.77. The number of thiophene rings is 1. The third-order valence-electron chi connectivity index (χ3n) is 3.40. The first-order valence-electron chi connectivity index (χ1n) is 6.36. The molecule has 0 bridgehead atoms. The highest BCUT2D eigenvalue weighted by atomic mass is 79.9. The van der Waals surface area contributed by atoms with Crippen LogP contribution in [0.15, 0.2) is 50.7 Å². The van der Waals surface area contributed by atoms with Crippen LogP contribution in [0.4, 0.5) is 0 Å². The van der Waals surface area contributed by atoms with Gasteiger partial charge in [-0.2, -0.15) is 0 Å². The van der Waals surface area contributed by atoms with Gasteiger partial charge in [0.1, 0.15) is 5.75 Å². The summed E-state index contributed by atoms with van der Waals surface area (Å²) >= 11 is 8.67. The third-order valence-corrected chi connectivity index (χ3v) is 6.74. The zero-order valence-corrected chi connectivity index (χ0v) is 15.3. The van der Waals surface area contributed by atoms with Crippen molar-refractivity contribution in [3.8, 4) is 5.75 Å². The smallest absolute Gasteiger partial charge is 0.119 e. The van der Waals surface area contributed by atoms with Gasteiger partial charge in [-0.3, -0.25) is 0 Å². The SMILES string of the molecule is COc1ccc2cc(C(N)c3cc(Br)c(Br)s3)ccc2c1. The summed E-state index contributed by atoms with van der Waals surface area (Å²) in [5.74, 6) is 0.866. The normalized spacial score (nSPS) is 12.6. The average Bonchev–Trinajstić information content (AvgIpc) is 2.85. The van der Waals surface area contributed by atoms with Gasteiger partial charge in [-0.15, -0.1) is 11.3 Å². The Bertz CT molecular complexity index is 781. The summed E-state index contributed by atoms with van der Waals surface area (Å²) in [6, 6.07) is 14.3. The fraction of sp³-hybridized carbons (Fsp3) is 0.125. The lowest BCUT2D eigenvalue weighted by Gasteiger charge is -2.11. The lowest BCUT2D eigenvalue weighted by molar-refractivity contribution is 0.415. The van der Waals surface area contributed by atoms with E-state index in [4.69, 9.17) is 10.5 Å². The number of ether oxygens (including phenoxy) is 1. The molecule has 1 aromatic heterocycles. The van der Waals surface area contributed by atoms with Gasteiger partial charge in [0, 0.05) is 9.35 Å². The van der Waals surface area contributed by atoms with Gasteiger partial charge < -0.3 is 10.5 Å². The third kappa shape index (κ3) is 3.01. The predicted molar refractivity (Wildman–Crippen MR) is 96.2 cm³/mol. The van der Waals surface area contributed by atoms with Gasteiger partial charge in [-0.25, -0.2) is 0 Å². The fourth-order valence-electron chi connectivity index (χ4n) is 2.24. The molecule has 0 saturated carbocycles. The van der Waals surface area contributed by atoms with Crippen molar-refractivity contribution in [3.05, 3.63) is 61.2 Å². The van der Waals surface area contributed by atoms with Crippen LogP contribution in [0.25, 0.3) is 10.8 Å². The second-order valence-electron chi connectivity index (χ2n) is 4.72. The molecule has 0 amide bonds. The van der Waals surface area contributed by atoms with Crippen LogP contribution in [0.5, 0.6) is 5.75 Å². The summed E-state index contributed by atoms with van der Waals surface area (Å²) in [7, 11) is 1.68. The molecule has 3 aromatic rings. The van der Waals surface area contributed by atoms with Crippen LogP contribution in [-0.4, -0.2) is 7.11 Å². The van der Waals surface area contributed by atoms with Crippen molar-refractivity contribution >= 4 is 54.0 Å². The Morgan fingerprint density at radius 1 is 1.05 bits per heavy atom. The fourth-order valence-corrected chi connectivity index (χ4v) is 4.36. The molecule has 108 valence electrons. The van der Waals surface area contributed by atoms with Gasteiger partial charge >= 0.3 is 0 Å². The topological polar surface area (TPSA) is 35.2 Å². The van der Waals surface area contributed by atoms with Crippen LogP contribution in [-0.2, 0) is 0 Å². The molecule has 5 heteroatoms. The van der Waals surface area contributed by atoms with Crippen molar-refractivity contribution in [2.75, 3.05) is 7.11 Å². The second-order valence-corrected chi connectivity index (χ2v) is 7.98. The van der Waals surface area contributed by atoms with Crippen molar-refractivity contribution in [2.24, 2.45) is 5.73 Å². The lowest BCUT2D eigenvalue weighted by atomic mass is 10.0. The highest BCUT2D eigenvalue weighted by Gasteiger charge is 2.14. The molecule has 0 aliphatic rings. The molecular weight excluding hydrogens is 414 g/mol. The number of nitrogens with two attached hydrogens (primary N) is 1. The van der Waals surface area contributed by atoms with Crippen molar-refractivity contribution in [3.63, 3.8) is 0 Å². The van der Waals surface area contributed by atoms with Crippen LogP contribution in [0.1, 0.15) is 16.5 Å². The molecule has 0 spiro atoms. The van der Waals surface area contributed by atoms with Gasteiger partial charge in [0.05, 0.1) is 16.9 Å². The van der Waals surface area contributed by atoms with Crippen molar-refractivity contribution in [1.82, 2.24) is 0 Å². The summed E-state index contributed by atoms with van der Waals surface area (Å²) in [6.07, 6.45) is 0. The zero-order valence-electron chi connectivity index (χ0n) is 11.3. The number of methoxy groups -OCH3 is 1. The highest BCUT2D eigenvalue weighted by Crippen LogP contribution is 2.37. The molecular formula is C16H13Br2NOS. The Morgan fingerprint density at radius 3 is 2.43 bits per heavy atom. The Kier molecular flexibility index (Phi) is 4.36. The van der Waals surface area contributed by atoms with E-state index in [0.29, 0.717) is 0 Å². The van der Waals surface area contributed by atoms with E-state index in [0.717, 1.165) is 29.8 Å². The zero-order chi connectivity index (χ0) is 15.0. The summed E-state index contributed by atoms with van der Waals surface area (Å²) in [6.45, 7) is 0. The van der Waals surface area contributed by atoms with Gasteiger partial charge in [0.15, 0.2) is 0 Å².